The molecule has 0 radical (unpaired) electrons. The average Bonchev–Trinajstić information content (AvgIpc) is 3.17. The van der Waals surface area contributed by atoms with E-state index in [1.54, 1.807) is 0 Å². The van der Waals surface area contributed by atoms with Crippen molar-refractivity contribution in [2.45, 2.75) is 26.0 Å². The fourth-order valence-electron chi connectivity index (χ4n) is 4.34. The van der Waals surface area contributed by atoms with Crippen LogP contribution >= 0.6 is 0 Å². The number of ether oxygens (including phenoxy) is 1. The van der Waals surface area contributed by atoms with Gasteiger partial charge in [-0.1, -0.05) is 78.4 Å². The fraction of sp³-hybridized carbons (Fsp3) is 0.192. The van der Waals surface area contributed by atoms with Crippen LogP contribution in [-0.4, -0.2) is 22.5 Å². The van der Waals surface area contributed by atoms with E-state index in [-0.39, 0.29) is 18.7 Å². The topological polar surface area (TPSA) is 45.3 Å². The zero-order chi connectivity index (χ0) is 20.5. The first-order chi connectivity index (χ1) is 14.7. The standard InChI is InChI=1S/C26H24N2O2/c1-18-11-13-20(14-12-18)25-24-22(21-9-5-6-10-23(21)27-24)15-16-28(25)26(29)30-17-19-7-3-2-4-8-19/h2-14,25,27H,15-17H2,1H3. The Balaban J connectivity index is 1.51. The summed E-state index contributed by atoms with van der Waals surface area (Å²) in [6, 6.07) is 26.4. The summed E-state index contributed by atoms with van der Waals surface area (Å²) in [5.41, 5.74) is 6.76. The molecule has 0 saturated carbocycles. The number of benzene rings is 3. The lowest BCUT2D eigenvalue weighted by molar-refractivity contribution is 0.0832. The third-order valence-electron chi connectivity index (χ3n) is 5.87. The van der Waals surface area contributed by atoms with E-state index in [1.165, 1.54) is 16.5 Å². The maximum absolute atomic E-state index is 13.1. The molecule has 1 aliphatic rings. The molecule has 0 saturated heterocycles. The summed E-state index contributed by atoms with van der Waals surface area (Å²) < 4.78 is 5.71. The number of aromatic nitrogens is 1. The van der Waals surface area contributed by atoms with Crippen molar-refractivity contribution in [3.63, 3.8) is 0 Å². The Morgan fingerprint density at radius 1 is 1.00 bits per heavy atom. The highest BCUT2D eigenvalue weighted by Crippen LogP contribution is 2.38. The number of aryl methyl sites for hydroxylation is 1. The van der Waals surface area contributed by atoms with E-state index in [4.69, 9.17) is 4.74 Å². The van der Waals surface area contributed by atoms with Crippen molar-refractivity contribution >= 4 is 17.0 Å². The fourth-order valence-corrected chi connectivity index (χ4v) is 4.34. The number of nitrogens with one attached hydrogen (secondary N) is 1. The summed E-state index contributed by atoms with van der Waals surface area (Å²) in [4.78, 5) is 18.6. The van der Waals surface area contributed by atoms with Gasteiger partial charge < -0.3 is 9.72 Å². The van der Waals surface area contributed by atoms with Gasteiger partial charge in [-0.2, -0.15) is 0 Å². The number of nitrogens with zero attached hydrogens (tertiary/aromatic N) is 1. The van der Waals surface area contributed by atoms with Gasteiger partial charge in [-0.05, 0) is 36.1 Å². The predicted octanol–water partition coefficient (Wildman–Crippen LogP) is 5.76. The van der Waals surface area contributed by atoms with Gasteiger partial charge in [-0.3, -0.25) is 4.90 Å². The minimum absolute atomic E-state index is 0.190. The number of hydrogen-bond donors (Lipinski definition) is 1. The zero-order valence-electron chi connectivity index (χ0n) is 17.0. The third-order valence-corrected chi connectivity index (χ3v) is 5.87. The molecule has 30 heavy (non-hydrogen) atoms. The van der Waals surface area contributed by atoms with E-state index in [2.05, 4.69) is 54.4 Å². The molecule has 0 bridgehead atoms. The average molecular weight is 396 g/mol. The summed E-state index contributed by atoms with van der Waals surface area (Å²) in [6.45, 7) is 2.97. The van der Waals surface area contributed by atoms with Gasteiger partial charge in [0.15, 0.2) is 0 Å². The number of para-hydroxylation sites is 1. The van der Waals surface area contributed by atoms with E-state index in [0.717, 1.165) is 28.8 Å². The molecule has 1 atom stereocenters. The Bertz CT molecular complexity index is 1180. The van der Waals surface area contributed by atoms with Gasteiger partial charge in [0.25, 0.3) is 0 Å². The second-order valence-electron chi connectivity index (χ2n) is 7.86. The summed E-state index contributed by atoms with van der Waals surface area (Å²) >= 11 is 0. The highest BCUT2D eigenvalue weighted by molar-refractivity contribution is 5.86. The molecule has 4 aromatic rings. The number of carbonyl (C=O) groups is 1. The lowest BCUT2D eigenvalue weighted by Gasteiger charge is -2.35. The van der Waals surface area contributed by atoms with Crippen LogP contribution in [0.15, 0.2) is 78.9 Å². The maximum Gasteiger partial charge on any atom is 0.410 e. The van der Waals surface area contributed by atoms with Crippen LogP contribution in [0.4, 0.5) is 4.79 Å². The molecule has 0 aliphatic carbocycles. The van der Waals surface area contributed by atoms with Crippen LogP contribution in [0.5, 0.6) is 0 Å². The number of amides is 1. The zero-order valence-corrected chi connectivity index (χ0v) is 17.0. The van der Waals surface area contributed by atoms with Gasteiger partial charge in [0, 0.05) is 23.1 Å². The van der Waals surface area contributed by atoms with Crippen molar-refractivity contribution in [1.29, 1.82) is 0 Å². The molecule has 1 unspecified atom stereocenters. The second kappa shape index (κ2) is 7.71. The molecule has 1 aromatic heterocycles. The first-order valence-electron chi connectivity index (χ1n) is 10.3. The van der Waals surface area contributed by atoms with Gasteiger partial charge in [-0.15, -0.1) is 0 Å². The van der Waals surface area contributed by atoms with Crippen LogP contribution in [0.1, 0.15) is 34.0 Å². The van der Waals surface area contributed by atoms with Crippen LogP contribution in [-0.2, 0) is 17.8 Å². The highest BCUT2D eigenvalue weighted by Gasteiger charge is 2.35. The monoisotopic (exact) mass is 396 g/mol. The van der Waals surface area contributed by atoms with Crippen molar-refractivity contribution in [3.8, 4) is 0 Å². The van der Waals surface area contributed by atoms with Crippen molar-refractivity contribution in [3.05, 3.63) is 107 Å². The normalized spacial score (nSPS) is 15.8. The molecule has 1 aliphatic heterocycles. The summed E-state index contributed by atoms with van der Waals surface area (Å²) in [5, 5.41) is 1.24. The van der Waals surface area contributed by atoms with Crippen molar-refractivity contribution in [2.75, 3.05) is 6.54 Å². The van der Waals surface area contributed by atoms with Gasteiger partial charge in [0.05, 0.1) is 0 Å². The molecule has 2 heterocycles. The number of fused-ring (bicyclic) bond motifs is 3. The maximum atomic E-state index is 13.1. The van der Waals surface area contributed by atoms with Crippen LogP contribution in [0.3, 0.4) is 0 Å². The van der Waals surface area contributed by atoms with Crippen molar-refractivity contribution < 1.29 is 9.53 Å². The Labute approximate surface area is 176 Å². The predicted molar refractivity (Wildman–Crippen MR) is 118 cm³/mol. The number of rotatable bonds is 3. The Morgan fingerprint density at radius 3 is 2.53 bits per heavy atom. The Morgan fingerprint density at radius 2 is 1.73 bits per heavy atom. The van der Waals surface area contributed by atoms with Crippen LogP contribution in [0.25, 0.3) is 10.9 Å². The molecule has 0 spiro atoms. The van der Waals surface area contributed by atoms with E-state index in [9.17, 15) is 4.79 Å². The van der Waals surface area contributed by atoms with Crippen molar-refractivity contribution in [2.24, 2.45) is 0 Å². The number of carbonyl (C=O) groups excluding carboxylic acids is 1. The number of hydrogen-bond acceptors (Lipinski definition) is 2. The van der Waals surface area contributed by atoms with Gasteiger partial charge in [-0.25, -0.2) is 4.79 Å². The minimum Gasteiger partial charge on any atom is -0.445 e. The molecule has 150 valence electrons. The minimum atomic E-state index is -0.284. The smallest absolute Gasteiger partial charge is 0.410 e. The molecule has 5 rings (SSSR count). The molecule has 1 N–H and O–H groups in total. The van der Waals surface area contributed by atoms with Crippen LogP contribution in [0, 0.1) is 6.92 Å². The largest absolute Gasteiger partial charge is 0.445 e. The Hall–Kier alpha value is -3.53. The van der Waals surface area contributed by atoms with Crippen molar-refractivity contribution in [1.82, 2.24) is 9.88 Å². The van der Waals surface area contributed by atoms with E-state index < -0.39 is 0 Å². The molecule has 1 amide bonds. The molecule has 4 nitrogen and oxygen atoms in total. The summed E-state index contributed by atoms with van der Waals surface area (Å²) in [7, 11) is 0. The van der Waals surface area contributed by atoms with E-state index >= 15 is 0 Å². The summed E-state index contributed by atoms with van der Waals surface area (Å²) in [5.74, 6) is 0. The molecule has 3 aromatic carbocycles. The third kappa shape index (κ3) is 3.35. The highest BCUT2D eigenvalue weighted by atomic mass is 16.6. The quantitative estimate of drug-likeness (QED) is 0.478. The molecular weight excluding hydrogens is 372 g/mol. The van der Waals surface area contributed by atoms with Gasteiger partial charge in [0.2, 0.25) is 0 Å². The van der Waals surface area contributed by atoms with Crippen LogP contribution < -0.4 is 0 Å². The Kier molecular flexibility index (Phi) is 4.75. The second-order valence-corrected chi connectivity index (χ2v) is 7.86. The summed E-state index contributed by atoms with van der Waals surface area (Å²) in [6.07, 6.45) is 0.524. The van der Waals surface area contributed by atoms with E-state index in [0.29, 0.717) is 6.54 Å². The van der Waals surface area contributed by atoms with Crippen LogP contribution in [0.2, 0.25) is 0 Å². The lowest BCUT2D eigenvalue weighted by Crippen LogP contribution is -2.40. The van der Waals surface area contributed by atoms with Gasteiger partial charge >= 0.3 is 6.09 Å². The molecule has 4 heteroatoms. The number of aromatic amines is 1. The lowest BCUT2D eigenvalue weighted by atomic mass is 9.92. The first kappa shape index (κ1) is 18.5. The number of H-pyrrole nitrogens is 1. The molecular formula is C26H24N2O2. The molecule has 0 fully saturated rings. The van der Waals surface area contributed by atoms with E-state index in [1.807, 2.05) is 41.3 Å². The van der Waals surface area contributed by atoms with Gasteiger partial charge in [0.1, 0.15) is 12.6 Å². The first-order valence-corrected chi connectivity index (χ1v) is 10.3. The SMILES string of the molecule is Cc1ccc(C2c3[nH]c4ccccc4c3CCN2C(=O)OCc2ccccc2)cc1.